The molecule has 1 amide bonds. The number of furan rings is 1. The monoisotopic (exact) mass is 328 g/mol. The van der Waals surface area contributed by atoms with Gasteiger partial charge in [-0.1, -0.05) is 18.2 Å². The number of hydrogen-bond acceptors (Lipinski definition) is 5. The van der Waals surface area contributed by atoms with E-state index in [1.165, 1.54) is 13.4 Å². The number of ether oxygens (including phenoxy) is 1. The highest BCUT2D eigenvalue weighted by Crippen LogP contribution is 2.16. The molecule has 0 bridgehead atoms. The van der Waals surface area contributed by atoms with Gasteiger partial charge in [0.2, 0.25) is 0 Å². The molecule has 0 atom stereocenters. The predicted octanol–water partition coefficient (Wildman–Crippen LogP) is 2.02. The van der Waals surface area contributed by atoms with Crippen LogP contribution >= 0.6 is 0 Å². The van der Waals surface area contributed by atoms with Crippen LogP contribution < -0.4 is 0 Å². The highest BCUT2D eigenvalue weighted by molar-refractivity contribution is 5.94. The Labute approximate surface area is 140 Å². The Morgan fingerprint density at radius 3 is 2.46 bits per heavy atom. The summed E-state index contributed by atoms with van der Waals surface area (Å²) in [6, 6.07) is 10.9. The Kier molecular flexibility index (Phi) is 4.96. The molecule has 3 rings (SSSR count). The van der Waals surface area contributed by atoms with Gasteiger partial charge in [-0.05, 0) is 18.2 Å². The van der Waals surface area contributed by atoms with E-state index in [0.717, 1.165) is 13.1 Å². The Bertz CT molecular complexity index is 703. The first-order valence-electron chi connectivity index (χ1n) is 7.90. The lowest BCUT2D eigenvalue weighted by molar-refractivity contribution is 0.0590. The van der Waals surface area contributed by atoms with Gasteiger partial charge in [-0.2, -0.15) is 0 Å². The maximum Gasteiger partial charge on any atom is 0.341 e. The second-order valence-corrected chi connectivity index (χ2v) is 5.68. The first-order valence-corrected chi connectivity index (χ1v) is 7.90. The van der Waals surface area contributed by atoms with Crippen LogP contribution in [0.3, 0.4) is 0 Å². The molecular weight excluding hydrogens is 308 g/mol. The molecule has 2 aromatic rings. The van der Waals surface area contributed by atoms with Crippen LogP contribution in [0.2, 0.25) is 0 Å². The van der Waals surface area contributed by atoms with Gasteiger partial charge in [-0.3, -0.25) is 9.69 Å². The van der Waals surface area contributed by atoms with E-state index >= 15 is 0 Å². The minimum absolute atomic E-state index is 0.0588. The summed E-state index contributed by atoms with van der Waals surface area (Å²) in [5, 5.41) is 0. The summed E-state index contributed by atoms with van der Waals surface area (Å²) >= 11 is 0. The molecule has 2 heterocycles. The number of carbonyl (C=O) groups excluding carboxylic acids is 2. The maximum atomic E-state index is 12.4. The zero-order valence-corrected chi connectivity index (χ0v) is 13.6. The number of piperazine rings is 1. The van der Waals surface area contributed by atoms with Gasteiger partial charge in [0.25, 0.3) is 5.91 Å². The molecule has 0 saturated carbocycles. The molecule has 0 aliphatic carbocycles. The predicted molar refractivity (Wildman–Crippen MR) is 87.7 cm³/mol. The number of hydrogen-bond donors (Lipinski definition) is 0. The summed E-state index contributed by atoms with van der Waals surface area (Å²) in [5.74, 6) is 0.268. The van der Waals surface area contributed by atoms with Crippen molar-refractivity contribution in [3.8, 4) is 0 Å². The van der Waals surface area contributed by atoms with Crippen molar-refractivity contribution in [2.45, 2.75) is 6.54 Å². The van der Waals surface area contributed by atoms with Crippen LogP contribution in [0.25, 0.3) is 0 Å². The van der Waals surface area contributed by atoms with E-state index in [1.54, 1.807) is 6.07 Å². The molecule has 1 fully saturated rings. The van der Waals surface area contributed by atoms with E-state index in [0.29, 0.717) is 36.5 Å². The van der Waals surface area contributed by atoms with Gasteiger partial charge in [0.1, 0.15) is 11.3 Å². The van der Waals surface area contributed by atoms with Gasteiger partial charge in [-0.15, -0.1) is 0 Å². The number of esters is 1. The fourth-order valence-corrected chi connectivity index (χ4v) is 2.83. The SMILES string of the molecule is COC(=O)c1ccoc1CN1CCN(C(=O)c2ccccc2)CC1. The molecule has 1 aliphatic rings. The Balaban J connectivity index is 1.57. The van der Waals surface area contributed by atoms with Crippen molar-refractivity contribution in [3.63, 3.8) is 0 Å². The first kappa shape index (κ1) is 16.3. The van der Waals surface area contributed by atoms with E-state index in [-0.39, 0.29) is 5.91 Å². The molecule has 0 unspecified atom stereocenters. The number of carbonyl (C=O) groups is 2. The van der Waals surface area contributed by atoms with Gasteiger partial charge < -0.3 is 14.1 Å². The molecule has 6 nitrogen and oxygen atoms in total. The summed E-state index contributed by atoms with van der Waals surface area (Å²) in [6.45, 7) is 3.31. The Hall–Kier alpha value is -2.60. The lowest BCUT2D eigenvalue weighted by Crippen LogP contribution is -2.48. The molecule has 1 aromatic heterocycles. The number of nitrogens with zero attached hydrogens (tertiary/aromatic N) is 2. The van der Waals surface area contributed by atoms with Crippen LogP contribution in [-0.2, 0) is 11.3 Å². The average molecular weight is 328 g/mol. The summed E-state index contributed by atoms with van der Waals surface area (Å²) in [6.07, 6.45) is 1.50. The van der Waals surface area contributed by atoms with Crippen LogP contribution in [0, 0.1) is 0 Å². The molecule has 1 aliphatic heterocycles. The van der Waals surface area contributed by atoms with E-state index in [4.69, 9.17) is 9.15 Å². The largest absolute Gasteiger partial charge is 0.467 e. The minimum atomic E-state index is -0.392. The zero-order valence-electron chi connectivity index (χ0n) is 13.6. The van der Waals surface area contributed by atoms with Crippen molar-refractivity contribution in [1.82, 2.24) is 9.80 Å². The molecule has 0 radical (unpaired) electrons. The van der Waals surface area contributed by atoms with Crippen molar-refractivity contribution in [3.05, 3.63) is 59.5 Å². The molecular formula is C18H20N2O4. The third-order valence-electron chi connectivity index (χ3n) is 4.20. The highest BCUT2D eigenvalue weighted by Gasteiger charge is 2.24. The standard InChI is InChI=1S/C18H20N2O4/c1-23-18(22)15-7-12-24-16(15)13-19-8-10-20(11-9-19)17(21)14-5-3-2-4-6-14/h2-7,12H,8-11,13H2,1H3. The maximum absolute atomic E-state index is 12.4. The first-order chi connectivity index (χ1) is 11.7. The van der Waals surface area contributed by atoms with Crippen molar-refractivity contribution in [1.29, 1.82) is 0 Å². The number of rotatable bonds is 4. The van der Waals surface area contributed by atoms with Crippen molar-refractivity contribution in [2.75, 3.05) is 33.3 Å². The summed E-state index contributed by atoms with van der Waals surface area (Å²) in [4.78, 5) is 28.1. The van der Waals surface area contributed by atoms with Crippen LogP contribution in [-0.4, -0.2) is 55.0 Å². The molecule has 6 heteroatoms. The number of amides is 1. The third kappa shape index (κ3) is 3.49. The minimum Gasteiger partial charge on any atom is -0.467 e. The topological polar surface area (TPSA) is 63.0 Å². The second-order valence-electron chi connectivity index (χ2n) is 5.68. The van der Waals surface area contributed by atoms with Gasteiger partial charge in [0.15, 0.2) is 0 Å². The van der Waals surface area contributed by atoms with Gasteiger partial charge in [0.05, 0.1) is 19.9 Å². The van der Waals surface area contributed by atoms with Crippen LogP contribution in [0.5, 0.6) is 0 Å². The number of methoxy groups -OCH3 is 1. The van der Waals surface area contributed by atoms with Gasteiger partial charge in [0, 0.05) is 31.7 Å². The summed E-state index contributed by atoms with van der Waals surface area (Å²) in [5.41, 5.74) is 1.17. The molecule has 24 heavy (non-hydrogen) atoms. The zero-order chi connectivity index (χ0) is 16.9. The van der Waals surface area contributed by atoms with Crippen molar-refractivity contribution < 1.29 is 18.7 Å². The van der Waals surface area contributed by atoms with E-state index < -0.39 is 5.97 Å². The Morgan fingerprint density at radius 2 is 1.79 bits per heavy atom. The molecule has 126 valence electrons. The number of benzene rings is 1. The molecule has 0 N–H and O–H groups in total. The van der Waals surface area contributed by atoms with Crippen molar-refractivity contribution in [2.24, 2.45) is 0 Å². The average Bonchev–Trinajstić information content (AvgIpc) is 3.10. The quantitative estimate of drug-likeness (QED) is 0.804. The highest BCUT2D eigenvalue weighted by atomic mass is 16.5. The van der Waals surface area contributed by atoms with Gasteiger partial charge in [-0.25, -0.2) is 4.79 Å². The van der Waals surface area contributed by atoms with Crippen LogP contribution in [0.4, 0.5) is 0 Å². The fourth-order valence-electron chi connectivity index (χ4n) is 2.83. The van der Waals surface area contributed by atoms with Crippen LogP contribution in [0.15, 0.2) is 47.1 Å². The van der Waals surface area contributed by atoms with E-state index in [9.17, 15) is 9.59 Å². The molecule has 1 saturated heterocycles. The Morgan fingerprint density at radius 1 is 1.08 bits per heavy atom. The third-order valence-corrected chi connectivity index (χ3v) is 4.20. The second kappa shape index (κ2) is 7.31. The van der Waals surface area contributed by atoms with Gasteiger partial charge >= 0.3 is 5.97 Å². The molecule has 0 spiro atoms. The lowest BCUT2D eigenvalue weighted by Gasteiger charge is -2.34. The van der Waals surface area contributed by atoms with Crippen LogP contribution in [0.1, 0.15) is 26.5 Å². The fraction of sp³-hybridized carbons (Fsp3) is 0.333. The summed E-state index contributed by atoms with van der Waals surface area (Å²) < 4.78 is 10.2. The molecule has 1 aromatic carbocycles. The lowest BCUT2D eigenvalue weighted by atomic mass is 10.1. The van der Waals surface area contributed by atoms with E-state index in [2.05, 4.69) is 4.90 Å². The normalized spacial score (nSPS) is 15.3. The van der Waals surface area contributed by atoms with E-state index in [1.807, 2.05) is 35.2 Å². The van der Waals surface area contributed by atoms with Crippen molar-refractivity contribution >= 4 is 11.9 Å². The summed E-state index contributed by atoms with van der Waals surface area (Å²) in [7, 11) is 1.35. The smallest absolute Gasteiger partial charge is 0.341 e.